The van der Waals surface area contributed by atoms with Gasteiger partial charge in [-0.2, -0.15) is 0 Å². The summed E-state index contributed by atoms with van der Waals surface area (Å²) in [5.74, 6) is 0. The van der Waals surface area contributed by atoms with E-state index < -0.39 is 0 Å². The Kier molecular flexibility index (Phi) is 1.67. The van der Waals surface area contributed by atoms with E-state index in [4.69, 9.17) is 0 Å². The van der Waals surface area contributed by atoms with E-state index in [2.05, 4.69) is 11.8 Å². The van der Waals surface area contributed by atoms with Crippen LogP contribution >= 0.6 is 0 Å². The van der Waals surface area contributed by atoms with Gasteiger partial charge in [0.05, 0.1) is 0 Å². The van der Waals surface area contributed by atoms with Gasteiger partial charge in [-0.15, -0.1) is 0 Å². The minimum atomic E-state index is -0.143. The van der Waals surface area contributed by atoms with Crippen molar-refractivity contribution in [3.8, 4) is 0 Å². The highest BCUT2D eigenvalue weighted by molar-refractivity contribution is 5.01. The van der Waals surface area contributed by atoms with Gasteiger partial charge in [-0.25, -0.2) is 4.39 Å². The molecule has 11 heavy (non-hydrogen) atoms. The Labute approximate surface area is 67.6 Å². The van der Waals surface area contributed by atoms with Crippen LogP contribution in [0.3, 0.4) is 0 Å². The zero-order valence-corrected chi connectivity index (χ0v) is 7.15. The number of halogens is 1. The van der Waals surface area contributed by atoms with E-state index >= 15 is 0 Å². The standard InChI is InChI=1S/C9H16FN/c1-9-4-2-6-11(9)8(7-10)3-5-9/h8H,2-7H2,1H3/t8?,9-/m0/s1. The molecule has 0 spiro atoms. The van der Waals surface area contributed by atoms with E-state index in [9.17, 15) is 4.39 Å². The van der Waals surface area contributed by atoms with Gasteiger partial charge in [0.2, 0.25) is 0 Å². The summed E-state index contributed by atoms with van der Waals surface area (Å²) in [5.41, 5.74) is 0.372. The van der Waals surface area contributed by atoms with Gasteiger partial charge in [-0.05, 0) is 39.2 Å². The lowest BCUT2D eigenvalue weighted by Gasteiger charge is -2.30. The van der Waals surface area contributed by atoms with Gasteiger partial charge in [0.15, 0.2) is 0 Å². The van der Waals surface area contributed by atoms with Gasteiger partial charge >= 0.3 is 0 Å². The fourth-order valence-corrected chi connectivity index (χ4v) is 2.73. The van der Waals surface area contributed by atoms with E-state index in [1.807, 2.05) is 0 Å². The number of hydrogen-bond acceptors (Lipinski definition) is 1. The molecule has 0 aromatic rings. The Balaban J connectivity index is 2.13. The molecule has 2 aliphatic rings. The average molecular weight is 157 g/mol. The quantitative estimate of drug-likeness (QED) is 0.562. The summed E-state index contributed by atoms with van der Waals surface area (Å²) in [6, 6.07) is 0.252. The molecule has 0 bridgehead atoms. The second-order valence-corrected chi connectivity index (χ2v) is 4.14. The van der Waals surface area contributed by atoms with Gasteiger partial charge in [-0.3, -0.25) is 4.90 Å². The molecule has 2 rings (SSSR count). The minimum Gasteiger partial charge on any atom is -0.292 e. The van der Waals surface area contributed by atoms with E-state index in [0.29, 0.717) is 5.54 Å². The van der Waals surface area contributed by atoms with Gasteiger partial charge in [0.25, 0.3) is 0 Å². The maximum Gasteiger partial charge on any atom is 0.105 e. The first-order chi connectivity index (χ1) is 5.26. The third-order valence-corrected chi connectivity index (χ3v) is 3.44. The topological polar surface area (TPSA) is 3.24 Å². The molecule has 2 fully saturated rings. The number of nitrogens with zero attached hydrogens (tertiary/aromatic N) is 1. The van der Waals surface area contributed by atoms with Crippen LogP contribution < -0.4 is 0 Å². The van der Waals surface area contributed by atoms with Gasteiger partial charge in [-0.1, -0.05) is 0 Å². The molecule has 1 nitrogen and oxygen atoms in total. The maximum absolute atomic E-state index is 12.5. The molecule has 2 heterocycles. The summed E-state index contributed by atoms with van der Waals surface area (Å²) in [7, 11) is 0. The molecule has 0 radical (unpaired) electrons. The van der Waals surface area contributed by atoms with Crippen LogP contribution in [0.15, 0.2) is 0 Å². The molecular formula is C9H16FN. The average Bonchev–Trinajstić information content (AvgIpc) is 2.45. The maximum atomic E-state index is 12.5. The van der Waals surface area contributed by atoms with E-state index in [0.717, 1.165) is 13.0 Å². The third-order valence-electron chi connectivity index (χ3n) is 3.44. The predicted molar refractivity (Wildman–Crippen MR) is 43.3 cm³/mol. The van der Waals surface area contributed by atoms with Gasteiger partial charge in [0, 0.05) is 11.6 Å². The molecule has 0 aliphatic carbocycles. The SMILES string of the molecule is C[C@@]12CCCN1C(CF)CC2. The molecule has 2 saturated heterocycles. The summed E-state index contributed by atoms with van der Waals surface area (Å²) in [5, 5.41) is 0. The van der Waals surface area contributed by atoms with Crippen LogP contribution in [-0.2, 0) is 0 Å². The number of fused-ring (bicyclic) bond motifs is 1. The van der Waals surface area contributed by atoms with Gasteiger partial charge < -0.3 is 0 Å². The second-order valence-electron chi connectivity index (χ2n) is 4.14. The Bertz CT molecular complexity index is 160. The van der Waals surface area contributed by atoms with E-state index in [-0.39, 0.29) is 12.7 Å². The van der Waals surface area contributed by atoms with Crippen LogP contribution in [0, 0.1) is 0 Å². The van der Waals surface area contributed by atoms with Crippen LogP contribution in [0.25, 0.3) is 0 Å². The molecule has 0 amide bonds. The van der Waals surface area contributed by atoms with Crippen molar-refractivity contribution in [1.29, 1.82) is 0 Å². The smallest absolute Gasteiger partial charge is 0.105 e. The molecule has 64 valence electrons. The van der Waals surface area contributed by atoms with Crippen LogP contribution in [0.2, 0.25) is 0 Å². The monoisotopic (exact) mass is 157 g/mol. The van der Waals surface area contributed by atoms with Crippen molar-refractivity contribution in [2.45, 2.75) is 44.2 Å². The lowest BCUT2D eigenvalue weighted by atomic mass is 9.97. The molecule has 0 saturated carbocycles. The zero-order valence-electron chi connectivity index (χ0n) is 7.15. The van der Waals surface area contributed by atoms with Crippen molar-refractivity contribution in [1.82, 2.24) is 4.90 Å². The summed E-state index contributed by atoms with van der Waals surface area (Å²) in [6.07, 6.45) is 4.84. The number of alkyl halides is 1. The van der Waals surface area contributed by atoms with Crippen molar-refractivity contribution in [3.63, 3.8) is 0 Å². The van der Waals surface area contributed by atoms with E-state index in [1.54, 1.807) is 0 Å². The molecule has 0 aromatic heterocycles. The molecule has 1 unspecified atom stereocenters. The minimum absolute atomic E-state index is 0.143. The van der Waals surface area contributed by atoms with Crippen LogP contribution in [0.1, 0.15) is 32.6 Å². The van der Waals surface area contributed by atoms with Crippen LogP contribution in [0.4, 0.5) is 4.39 Å². The highest BCUT2D eigenvalue weighted by atomic mass is 19.1. The second kappa shape index (κ2) is 2.44. The third kappa shape index (κ3) is 0.994. The largest absolute Gasteiger partial charge is 0.292 e. The highest BCUT2D eigenvalue weighted by Crippen LogP contribution is 2.41. The molecule has 2 heteroatoms. The summed E-state index contributed by atoms with van der Waals surface area (Å²) in [6.45, 7) is 3.27. The van der Waals surface area contributed by atoms with Crippen LogP contribution in [0.5, 0.6) is 0 Å². The Hall–Kier alpha value is -0.110. The zero-order chi connectivity index (χ0) is 7.90. The Morgan fingerprint density at radius 2 is 2.36 bits per heavy atom. The fraction of sp³-hybridized carbons (Fsp3) is 1.00. The van der Waals surface area contributed by atoms with Crippen molar-refractivity contribution in [2.75, 3.05) is 13.2 Å². The highest BCUT2D eigenvalue weighted by Gasteiger charge is 2.45. The first-order valence-corrected chi connectivity index (χ1v) is 4.59. The first-order valence-electron chi connectivity index (χ1n) is 4.59. The molecule has 0 aromatic carbocycles. The summed E-state index contributed by atoms with van der Waals surface area (Å²) in [4.78, 5) is 2.38. The Morgan fingerprint density at radius 3 is 3.09 bits per heavy atom. The Morgan fingerprint density at radius 1 is 1.55 bits per heavy atom. The van der Waals surface area contributed by atoms with Crippen LogP contribution in [-0.4, -0.2) is 29.7 Å². The summed E-state index contributed by atoms with van der Waals surface area (Å²) >= 11 is 0. The lowest BCUT2D eigenvalue weighted by molar-refractivity contribution is 0.147. The van der Waals surface area contributed by atoms with Crippen molar-refractivity contribution < 1.29 is 4.39 Å². The van der Waals surface area contributed by atoms with Crippen molar-refractivity contribution in [3.05, 3.63) is 0 Å². The molecular weight excluding hydrogens is 141 g/mol. The van der Waals surface area contributed by atoms with E-state index in [1.165, 1.54) is 19.3 Å². The lowest BCUT2D eigenvalue weighted by Crippen LogP contribution is -2.40. The molecule has 0 N–H and O–H groups in total. The number of rotatable bonds is 1. The van der Waals surface area contributed by atoms with Gasteiger partial charge in [0.1, 0.15) is 6.67 Å². The first kappa shape index (κ1) is 7.53. The molecule has 2 atom stereocenters. The summed E-state index contributed by atoms with van der Waals surface area (Å²) < 4.78 is 12.5. The molecule has 2 aliphatic heterocycles. The number of hydrogen-bond donors (Lipinski definition) is 0. The van der Waals surface area contributed by atoms with Crippen molar-refractivity contribution >= 4 is 0 Å². The van der Waals surface area contributed by atoms with Crippen molar-refractivity contribution in [2.24, 2.45) is 0 Å². The normalized spacial score (nSPS) is 44.7. The fourth-order valence-electron chi connectivity index (χ4n) is 2.73. The predicted octanol–water partition coefficient (Wildman–Crippen LogP) is 1.97.